The highest BCUT2D eigenvalue weighted by Crippen LogP contribution is 2.29. The molecule has 31 heavy (non-hydrogen) atoms. The van der Waals surface area contributed by atoms with Gasteiger partial charge in [-0.2, -0.15) is 0 Å². The summed E-state index contributed by atoms with van der Waals surface area (Å²) in [5.74, 6) is -0.393. The highest BCUT2D eigenvalue weighted by Gasteiger charge is 2.39. The number of carbonyl (C=O) groups excluding carboxylic acids is 3. The largest absolute Gasteiger partial charge is 0.311 e. The number of nitrogens with zero attached hydrogens (tertiary/aromatic N) is 1. The topological polar surface area (TPSA) is 90.5 Å². The van der Waals surface area contributed by atoms with Gasteiger partial charge in [0.05, 0.1) is 23.2 Å². The van der Waals surface area contributed by atoms with Crippen molar-refractivity contribution in [2.75, 3.05) is 0 Å². The van der Waals surface area contributed by atoms with Gasteiger partial charge >= 0.3 is 0 Å². The van der Waals surface area contributed by atoms with E-state index in [2.05, 4.69) is 34.4 Å². The molecule has 2 heterocycles. The van der Waals surface area contributed by atoms with E-state index in [0.717, 1.165) is 29.7 Å². The van der Waals surface area contributed by atoms with Gasteiger partial charge in [-0.15, -0.1) is 0 Å². The standard InChI is InChI=1S/C24H26N4O3/c1-14(2)28-23(30)18-12-15(3)11-17(22(18)24(28)31)13-21(29)25-20-10-9-19(26-27-20)16-7-5-4-6-8-16/h5,7-12,14,26-27H,4,6,13H2,1-3H3,(H,25,29). The molecule has 7 heteroatoms. The lowest BCUT2D eigenvalue weighted by molar-refractivity contribution is -0.119. The molecule has 2 aliphatic heterocycles. The van der Waals surface area contributed by atoms with Crippen LogP contribution in [0.25, 0.3) is 0 Å². The Kier molecular flexibility index (Phi) is 5.50. The normalized spacial score (nSPS) is 17.5. The molecule has 1 aromatic rings. The number of fused-ring (bicyclic) bond motifs is 1. The number of hydrogen-bond acceptors (Lipinski definition) is 5. The maximum Gasteiger partial charge on any atom is 0.262 e. The number of benzene rings is 1. The minimum absolute atomic E-state index is 0.00154. The molecule has 4 rings (SSSR count). The van der Waals surface area contributed by atoms with Crippen molar-refractivity contribution in [2.24, 2.45) is 0 Å². The van der Waals surface area contributed by atoms with Crippen LogP contribution in [-0.2, 0) is 11.2 Å². The molecule has 0 saturated carbocycles. The number of allylic oxidation sites excluding steroid dienone is 5. The van der Waals surface area contributed by atoms with E-state index in [0.29, 0.717) is 22.5 Å². The van der Waals surface area contributed by atoms with E-state index in [9.17, 15) is 14.4 Å². The van der Waals surface area contributed by atoms with Gasteiger partial charge in [-0.3, -0.25) is 30.1 Å². The second-order valence-corrected chi connectivity index (χ2v) is 8.20. The first kappa shape index (κ1) is 20.7. The summed E-state index contributed by atoms with van der Waals surface area (Å²) in [4.78, 5) is 39.5. The highest BCUT2D eigenvalue weighted by molar-refractivity contribution is 6.22. The molecule has 3 amide bonds. The zero-order chi connectivity index (χ0) is 22.1. The van der Waals surface area contributed by atoms with E-state index in [1.807, 2.05) is 13.0 Å². The summed E-state index contributed by atoms with van der Waals surface area (Å²) in [5, 5.41) is 2.82. The Balaban J connectivity index is 1.50. The van der Waals surface area contributed by atoms with Crippen molar-refractivity contribution in [3.8, 4) is 0 Å². The van der Waals surface area contributed by atoms with Crippen molar-refractivity contribution in [3.63, 3.8) is 0 Å². The predicted octanol–water partition coefficient (Wildman–Crippen LogP) is 2.77. The number of hydrazine groups is 1. The number of hydrogen-bond donors (Lipinski definition) is 3. The lowest BCUT2D eigenvalue weighted by atomic mass is 9.97. The van der Waals surface area contributed by atoms with Crippen LogP contribution in [0.2, 0.25) is 0 Å². The Morgan fingerprint density at radius 1 is 1.13 bits per heavy atom. The summed E-state index contributed by atoms with van der Waals surface area (Å²) in [6, 6.07) is 3.27. The van der Waals surface area contributed by atoms with Gasteiger partial charge in [-0.1, -0.05) is 24.3 Å². The van der Waals surface area contributed by atoms with Crippen molar-refractivity contribution >= 4 is 17.7 Å². The van der Waals surface area contributed by atoms with Crippen LogP contribution in [0.5, 0.6) is 0 Å². The molecule has 0 aromatic heterocycles. The van der Waals surface area contributed by atoms with Crippen LogP contribution < -0.4 is 16.2 Å². The number of imide groups is 1. The molecule has 160 valence electrons. The lowest BCUT2D eigenvalue weighted by Crippen LogP contribution is -2.41. The third-order valence-corrected chi connectivity index (χ3v) is 5.44. The number of nitrogens with one attached hydrogen (secondary N) is 3. The van der Waals surface area contributed by atoms with Gasteiger partial charge in [-0.25, -0.2) is 0 Å². The molecule has 0 spiro atoms. The van der Waals surface area contributed by atoms with E-state index >= 15 is 0 Å². The molecule has 1 aromatic carbocycles. The fourth-order valence-corrected chi connectivity index (χ4v) is 4.04. The Hall–Kier alpha value is -3.61. The summed E-state index contributed by atoms with van der Waals surface area (Å²) >= 11 is 0. The van der Waals surface area contributed by atoms with E-state index in [-0.39, 0.29) is 30.2 Å². The molecular weight excluding hydrogens is 392 g/mol. The Labute approximate surface area is 181 Å². The van der Waals surface area contributed by atoms with E-state index in [1.165, 1.54) is 4.90 Å². The van der Waals surface area contributed by atoms with Crippen LogP contribution in [0, 0.1) is 6.92 Å². The summed E-state index contributed by atoms with van der Waals surface area (Å²) in [6.45, 7) is 5.46. The first-order valence-corrected chi connectivity index (χ1v) is 10.5. The molecular formula is C24H26N4O3. The van der Waals surface area contributed by atoms with Crippen LogP contribution in [0.15, 0.2) is 59.6 Å². The molecule has 0 atom stereocenters. The van der Waals surface area contributed by atoms with Crippen LogP contribution in [0.3, 0.4) is 0 Å². The third-order valence-electron chi connectivity index (χ3n) is 5.44. The van der Waals surface area contributed by atoms with Gasteiger partial charge in [0.1, 0.15) is 5.82 Å². The van der Waals surface area contributed by atoms with Gasteiger partial charge in [-0.05, 0) is 68.5 Å². The van der Waals surface area contributed by atoms with Gasteiger partial charge in [0.25, 0.3) is 11.8 Å². The average Bonchev–Trinajstić information content (AvgIpc) is 2.99. The van der Waals surface area contributed by atoms with Gasteiger partial charge in [0, 0.05) is 6.04 Å². The highest BCUT2D eigenvalue weighted by atomic mass is 16.2. The second kappa shape index (κ2) is 8.26. The van der Waals surface area contributed by atoms with Crippen molar-refractivity contribution < 1.29 is 14.4 Å². The smallest absolute Gasteiger partial charge is 0.262 e. The number of rotatable bonds is 5. The maximum atomic E-state index is 12.9. The van der Waals surface area contributed by atoms with E-state index < -0.39 is 0 Å². The molecule has 1 aliphatic carbocycles. The Bertz CT molecular complexity index is 1090. The average molecular weight is 418 g/mol. The number of aryl methyl sites for hydroxylation is 1. The van der Waals surface area contributed by atoms with E-state index in [1.54, 1.807) is 32.1 Å². The van der Waals surface area contributed by atoms with Crippen molar-refractivity contribution in [1.29, 1.82) is 0 Å². The Morgan fingerprint density at radius 3 is 2.58 bits per heavy atom. The zero-order valence-corrected chi connectivity index (χ0v) is 17.9. The molecule has 0 unspecified atom stereocenters. The second-order valence-electron chi connectivity index (χ2n) is 8.20. The van der Waals surface area contributed by atoms with Crippen LogP contribution in [-0.4, -0.2) is 28.7 Å². The minimum Gasteiger partial charge on any atom is -0.311 e. The molecule has 3 N–H and O–H groups in total. The van der Waals surface area contributed by atoms with Gasteiger partial charge < -0.3 is 5.32 Å². The first-order chi connectivity index (χ1) is 14.8. The number of carbonyl (C=O) groups is 3. The fraction of sp³-hybridized carbons (Fsp3) is 0.292. The molecule has 0 radical (unpaired) electrons. The summed E-state index contributed by atoms with van der Waals surface area (Å²) in [5.41, 5.74) is 10.2. The molecule has 0 bridgehead atoms. The summed E-state index contributed by atoms with van der Waals surface area (Å²) in [6.07, 6.45) is 12.1. The van der Waals surface area contributed by atoms with Crippen LogP contribution in [0.4, 0.5) is 0 Å². The van der Waals surface area contributed by atoms with Crippen LogP contribution >= 0.6 is 0 Å². The maximum absolute atomic E-state index is 12.9. The summed E-state index contributed by atoms with van der Waals surface area (Å²) in [7, 11) is 0. The zero-order valence-electron chi connectivity index (χ0n) is 17.9. The predicted molar refractivity (Wildman–Crippen MR) is 118 cm³/mol. The third kappa shape index (κ3) is 4.03. The lowest BCUT2D eigenvalue weighted by Gasteiger charge is -2.21. The first-order valence-electron chi connectivity index (χ1n) is 10.5. The molecule has 0 fully saturated rings. The SMILES string of the molecule is Cc1cc(CC(=O)NC2=CC=C(C3=CCCC=C3)NN2)c2c(c1)C(=O)N(C(C)C)C2=O. The van der Waals surface area contributed by atoms with Crippen molar-refractivity contribution in [1.82, 2.24) is 21.1 Å². The number of amides is 3. The fourth-order valence-electron chi connectivity index (χ4n) is 4.04. The molecule has 0 saturated heterocycles. The van der Waals surface area contributed by atoms with Crippen molar-refractivity contribution in [3.05, 3.63) is 81.9 Å². The monoisotopic (exact) mass is 418 g/mol. The quantitative estimate of drug-likeness (QED) is 0.640. The van der Waals surface area contributed by atoms with Crippen LogP contribution in [0.1, 0.15) is 58.5 Å². The van der Waals surface area contributed by atoms with E-state index in [4.69, 9.17) is 0 Å². The molecule has 3 aliphatic rings. The Morgan fingerprint density at radius 2 is 1.94 bits per heavy atom. The van der Waals surface area contributed by atoms with Crippen molar-refractivity contribution in [2.45, 2.75) is 46.1 Å². The van der Waals surface area contributed by atoms with Gasteiger partial charge in [0.2, 0.25) is 5.91 Å². The molecule has 7 nitrogen and oxygen atoms in total. The van der Waals surface area contributed by atoms with Gasteiger partial charge in [0.15, 0.2) is 0 Å². The minimum atomic E-state index is -0.337. The summed E-state index contributed by atoms with van der Waals surface area (Å²) < 4.78 is 0.